The number of nitrogens with zero attached hydrogens (tertiary/aromatic N) is 2. The van der Waals surface area contributed by atoms with Crippen molar-refractivity contribution in [1.29, 1.82) is 0 Å². The predicted octanol–water partition coefficient (Wildman–Crippen LogP) is 5.02. The number of carbonyl (C=O) groups excluding carboxylic acids is 2. The Balaban J connectivity index is 1.55. The fraction of sp³-hybridized carbons (Fsp3) is 0.519. The SMILES string of the molecule is CC(C)OC1CCN(C(=O)c2ccc3cc(OC/C(=C/F)CNC(=O)OC(C)(C)C)ccc3n2)CC1. The highest BCUT2D eigenvalue weighted by Gasteiger charge is 2.25. The van der Waals surface area contributed by atoms with Crippen LogP contribution < -0.4 is 10.1 Å². The highest BCUT2D eigenvalue weighted by atomic mass is 19.1. The zero-order valence-electron chi connectivity index (χ0n) is 21.7. The van der Waals surface area contributed by atoms with Crippen LogP contribution in [0.25, 0.3) is 10.9 Å². The summed E-state index contributed by atoms with van der Waals surface area (Å²) in [5.74, 6) is 0.433. The van der Waals surface area contributed by atoms with E-state index in [-0.39, 0.29) is 36.8 Å². The standard InChI is InChI=1S/C27H36FN3O5/c1-18(2)35-21-10-12-31(13-11-21)25(32)24-8-6-20-14-22(7-9-23(20)30-24)34-17-19(15-28)16-29-26(33)36-27(3,4)5/h6-9,14-15,18,21H,10-13,16-17H2,1-5H3,(H,29,33)/b19-15+. The van der Waals surface area contributed by atoms with Crippen LogP contribution in [0, 0.1) is 0 Å². The van der Waals surface area contributed by atoms with E-state index in [9.17, 15) is 14.0 Å². The van der Waals surface area contributed by atoms with E-state index < -0.39 is 11.7 Å². The van der Waals surface area contributed by atoms with E-state index in [4.69, 9.17) is 14.2 Å². The summed E-state index contributed by atoms with van der Waals surface area (Å²) in [6.45, 7) is 10.5. The molecule has 196 valence electrons. The number of fused-ring (bicyclic) bond motifs is 1. The predicted molar refractivity (Wildman–Crippen MR) is 136 cm³/mol. The second-order valence-electron chi connectivity index (χ2n) is 10.1. The molecule has 1 aromatic carbocycles. The Kier molecular flexibility index (Phi) is 9.25. The number of likely N-dealkylation sites (tertiary alicyclic amines) is 1. The number of ether oxygens (including phenoxy) is 3. The minimum Gasteiger partial charge on any atom is -0.489 e. The molecule has 2 heterocycles. The van der Waals surface area contributed by atoms with Crippen molar-refractivity contribution >= 4 is 22.9 Å². The van der Waals surface area contributed by atoms with E-state index >= 15 is 0 Å². The highest BCUT2D eigenvalue weighted by Crippen LogP contribution is 2.22. The molecule has 0 aliphatic carbocycles. The molecule has 0 bridgehead atoms. The average molecular weight is 502 g/mol. The maximum atomic E-state index is 13.3. The Hall–Kier alpha value is -3.20. The fourth-order valence-corrected chi connectivity index (χ4v) is 3.85. The van der Waals surface area contributed by atoms with Gasteiger partial charge in [0.2, 0.25) is 0 Å². The van der Waals surface area contributed by atoms with E-state index in [1.807, 2.05) is 24.8 Å². The number of piperidine rings is 1. The van der Waals surface area contributed by atoms with Gasteiger partial charge in [-0.15, -0.1) is 0 Å². The first-order valence-corrected chi connectivity index (χ1v) is 12.3. The summed E-state index contributed by atoms with van der Waals surface area (Å²) >= 11 is 0. The monoisotopic (exact) mass is 501 g/mol. The van der Waals surface area contributed by atoms with E-state index in [1.54, 1.807) is 45.0 Å². The van der Waals surface area contributed by atoms with Crippen LogP contribution in [0.2, 0.25) is 0 Å². The van der Waals surface area contributed by atoms with E-state index in [2.05, 4.69) is 10.3 Å². The number of nitrogens with one attached hydrogen (secondary N) is 1. The Morgan fingerprint density at radius 2 is 1.92 bits per heavy atom. The molecule has 2 aromatic rings. The van der Waals surface area contributed by atoms with E-state index in [0.29, 0.717) is 36.4 Å². The zero-order valence-corrected chi connectivity index (χ0v) is 21.7. The number of hydrogen-bond acceptors (Lipinski definition) is 6. The molecule has 1 aliphatic rings. The molecule has 36 heavy (non-hydrogen) atoms. The minimum atomic E-state index is -0.636. The second kappa shape index (κ2) is 12.2. The van der Waals surface area contributed by atoms with Gasteiger partial charge < -0.3 is 24.4 Å². The van der Waals surface area contributed by atoms with Crippen LogP contribution in [0.4, 0.5) is 9.18 Å². The molecule has 8 nitrogen and oxygen atoms in total. The highest BCUT2D eigenvalue weighted by molar-refractivity contribution is 5.95. The molecule has 2 amide bonds. The van der Waals surface area contributed by atoms with Gasteiger partial charge in [-0.25, -0.2) is 14.2 Å². The van der Waals surface area contributed by atoms with Crippen molar-refractivity contribution < 1.29 is 28.2 Å². The Morgan fingerprint density at radius 1 is 1.19 bits per heavy atom. The number of amides is 2. The quantitative estimate of drug-likeness (QED) is 0.546. The number of carbonyl (C=O) groups is 2. The Labute approximate surface area is 211 Å². The summed E-state index contributed by atoms with van der Waals surface area (Å²) in [7, 11) is 0. The smallest absolute Gasteiger partial charge is 0.407 e. The van der Waals surface area contributed by atoms with Gasteiger partial charge in [-0.2, -0.15) is 0 Å². The van der Waals surface area contributed by atoms with Gasteiger partial charge in [0.15, 0.2) is 0 Å². The number of hydrogen-bond donors (Lipinski definition) is 1. The Morgan fingerprint density at radius 3 is 2.56 bits per heavy atom. The summed E-state index contributed by atoms with van der Waals surface area (Å²) in [5, 5.41) is 3.31. The molecule has 1 fully saturated rings. The van der Waals surface area contributed by atoms with Crippen molar-refractivity contribution in [1.82, 2.24) is 15.2 Å². The lowest BCUT2D eigenvalue weighted by Crippen LogP contribution is -2.41. The third kappa shape index (κ3) is 8.19. The lowest BCUT2D eigenvalue weighted by molar-refractivity contribution is -0.0237. The lowest BCUT2D eigenvalue weighted by atomic mass is 10.1. The summed E-state index contributed by atoms with van der Waals surface area (Å²) < 4.78 is 30.0. The van der Waals surface area contributed by atoms with Crippen LogP contribution in [0.1, 0.15) is 57.9 Å². The van der Waals surface area contributed by atoms with Gasteiger partial charge in [-0.1, -0.05) is 6.07 Å². The molecule has 1 aliphatic heterocycles. The van der Waals surface area contributed by atoms with E-state index in [0.717, 1.165) is 18.2 Å². The molecule has 0 saturated carbocycles. The first-order chi connectivity index (χ1) is 17.0. The second-order valence-corrected chi connectivity index (χ2v) is 10.1. The van der Waals surface area contributed by atoms with Gasteiger partial charge in [0.05, 0.1) is 24.1 Å². The number of rotatable bonds is 8. The molecular weight excluding hydrogens is 465 g/mol. The van der Waals surface area contributed by atoms with Gasteiger partial charge in [0.25, 0.3) is 5.91 Å². The molecule has 0 radical (unpaired) electrons. The maximum Gasteiger partial charge on any atom is 0.407 e. The van der Waals surface area contributed by atoms with Crippen LogP contribution in [-0.2, 0) is 9.47 Å². The van der Waals surface area contributed by atoms with Crippen molar-refractivity contribution in [3.63, 3.8) is 0 Å². The molecule has 1 saturated heterocycles. The first kappa shape index (κ1) is 27.4. The molecular formula is C27H36FN3O5. The lowest BCUT2D eigenvalue weighted by Gasteiger charge is -2.32. The number of pyridine rings is 1. The van der Waals surface area contributed by atoms with Crippen molar-refractivity contribution in [2.24, 2.45) is 0 Å². The first-order valence-electron chi connectivity index (χ1n) is 12.3. The third-order valence-corrected chi connectivity index (χ3v) is 5.51. The normalized spacial score (nSPS) is 15.3. The maximum absolute atomic E-state index is 13.3. The molecule has 1 aromatic heterocycles. The van der Waals surface area contributed by atoms with Gasteiger partial charge in [0, 0.05) is 30.6 Å². The number of aromatic nitrogens is 1. The van der Waals surface area contributed by atoms with Crippen molar-refractivity contribution in [2.45, 2.75) is 65.3 Å². The van der Waals surface area contributed by atoms with Crippen molar-refractivity contribution in [2.75, 3.05) is 26.2 Å². The van der Waals surface area contributed by atoms with Crippen LogP contribution in [0.15, 0.2) is 42.2 Å². The van der Waals surface area contributed by atoms with Crippen molar-refractivity contribution in [3.05, 3.63) is 47.9 Å². The van der Waals surface area contributed by atoms with E-state index in [1.165, 1.54) is 0 Å². The molecule has 3 rings (SSSR count). The van der Waals surface area contributed by atoms with Gasteiger partial charge in [-0.05, 0) is 71.7 Å². The third-order valence-electron chi connectivity index (χ3n) is 5.51. The molecule has 0 unspecified atom stereocenters. The topological polar surface area (TPSA) is 90.0 Å². The summed E-state index contributed by atoms with van der Waals surface area (Å²) in [4.78, 5) is 31.1. The van der Waals surface area contributed by atoms with Gasteiger partial charge >= 0.3 is 6.09 Å². The van der Waals surface area contributed by atoms with Crippen LogP contribution in [-0.4, -0.2) is 65.9 Å². The van der Waals surface area contributed by atoms with Gasteiger partial charge in [0.1, 0.15) is 23.7 Å². The summed E-state index contributed by atoms with van der Waals surface area (Å²) in [6, 6.07) is 8.80. The summed E-state index contributed by atoms with van der Waals surface area (Å²) in [5.41, 5.74) is 0.681. The minimum absolute atomic E-state index is 0.0349. The van der Waals surface area contributed by atoms with Crippen LogP contribution in [0.5, 0.6) is 5.75 Å². The molecule has 0 spiro atoms. The van der Waals surface area contributed by atoms with Crippen LogP contribution in [0.3, 0.4) is 0 Å². The number of benzene rings is 1. The largest absolute Gasteiger partial charge is 0.489 e. The molecule has 9 heteroatoms. The van der Waals surface area contributed by atoms with Gasteiger partial charge in [-0.3, -0.25) is 4.79 Å². The number of halogens is 1. The molecule has 1 N–H and O–H groups in total. The molecule has 0 atom stereocenters. The van der Waals surface area contributed by atoms with Crippen LogP contribution >= 0.6 is 0 Å². The average Bonchev–Trinajstić information content (AvgIpc) is 2.82. The van der Waals surface area contributed by atoms with Crippen molar-refractivity contribution in [3.8, 4) is 5.75 Å². The Bertz CT molecular complexity index is 1090. The fourth-order valence-electron chi connectivity index (χ4n) is 3.85. The summed E-state index contributed by atoms with van der Waals surface area (Å²) in [6.07, 6.45) is 1.80. The number of alkyl carbamates (subject to hydrolysis) is 1. The zero-order chi connectivity index (χ0) is 26.3.